The van der Waals surface area contributed by atoms with E-state index < -0.39 is 11.9 Å². The molecule has 1 aliphatic rings. The number of aromatic nitrogens is 1. The lowest BCUT2D eigenvalue weighted by Crippen LogP contribution is -2.28. The first kappa shape index (κ1) is 21.9. The van der Waals surface area contributed by atoms with Crippen molar-refractivity contribution >= 4 is 62.5 Å². The molecule has 0 aliphatic carbocycles. The molecule has 0 unspecified atom stereocenters. The van der Waals surface area contributed by atoms with Gasteiger partial charge in [-0.25, -0.2) is 0 Å². The van der Waals surface area contributed by atoms with Crippen LogP contribution in [0.15, 0.2) is 47.5 Å². The van der Waals surface area contributed by atoms with Gasteiger partial charge < -0.3 is 9.30 Å². The average Bonchev–Trinajstić information content (AvgIpc) is 3.26. The molecule has 0 saturated carbocycles. The number of ether oxygens (including phenoxy) is 1. The Kier molecular flexibility index (Phi) is 6.20. The molecule has 1 fully saturated rings. The van der Waals surface area contributed by atoms with Crippen LogP contribution in [0.5, 0.6) is 0 Å². The van der Waals surface area contributed by atoms with Gasteiger partial charge in [-0.05, 0) is 43.3 Å². The zero-order valence-corrected chi connectivity index (χ0v) is 18.6. The number of benzene rings is 2. The third-order valence-electron chi connectivity index (χ3n) is 4.84. The summed E-state index contributed by atoms with van der Waals surface area (Å²) in [6.07, 6.45) is 0.305. The van der Waals surface area contributed by atoms with Crippen molar-refractivity contribution in [2.75, 3.05) is 11.5 Å². The van der Waals surface area contributed by atoms with E-state index in [-0.39, 0.29) is 43.4 Å². The van der Waals surface area contributed by atoms with Crippen LogP contribution in [0.1, 0.15) is 30.1 Å². The number of carbonyl (C=O) groups excluding carboxylic acids is 4. The maximum atomic E-state index is 12.9. The van der Waals surface area contributed by atoms with Crippen molar-refractivity contribution in [2.45, 2.75) is 26.3 Å². The van der Waals surface area contributed by atoms with Gasteiger partial charge in [-0.2, -0.15) is 4.99 Å². The molecule has 0 radical (unpaired) electrons. The Morgan fingerprint density at radius 2 is 1.88 bits per heavy atom. The Morgan fingerprint density at radius 1 is 1.12 bits per heavy atom. The quantitative estimate of drug-likeness (QED) is 0.420. The molecule has 3 amide bonds. The predicted octanol–water partition coefficient (Wildman–Crippen LogP) is 3.31. The molecule has 8 nitrogen and oxygen atoms in total. The molecule has 0 atom stereocenters. The van der Waals surface area contributed by atoms with Crippen LogP contribution in [0.2, 0.25) is 5.02 Å². The van der Waals surface area contributed by atoms with Crippen LogP contribution in [-0.4, -0.2) is 34.9 Å². The van der Waals surface area contributed by atoms with E-state index >= 15 is 0 Å². The van der Waals surface area contributed by atoms with Gasteiger partial charge in [-0.3, -0.25) is 24.1 Å². The Balaban J connectivity index is 1.75. The summed E-state index contributed by atoms with van der Waals surface area (Å²) in [7, 11) is 0. The Bertz CT molecular complexity index is 1310. The highest BCUT2D eigenvalue weighted by atomic mass is 35.5. The summed E-state index contributed by atoms with van der Waals surface area (Å²) in [5.74, 6) is -1.62. The summed E-state index contributed by atoms with van der Waals surface area (Å²) in [5, 5.41) is 0.521. The van der Waals surface area contributed by atoms with Gasteiger partial charge in [0, 0.05) is 23.4 Å². The van der Waals surface area contributed by atoms with Crippen molar-refractivity contribution in [1.82, 2.24) is 4.57 Å². The van der Waals surface area contributed by atoms with Crippen molar-refractivity contribution in [3.8, 4) is 0 Å². The third-order valence-corrected chi connectivity index (χ3v) is 6.11. The number of hydrogen-bond acceptors (Lipinski definition) is 6. The standard InChI is InChI=1S/C22H18ClN3O5S/c1-2-31-20(29)12-25-16-7-6-14(23)11-17(16)32-22(25)24-21(30)13-4-3-5-15(10-13)26-18(27)8-9-19(26)28/h3-7,10-11H,2,8-9,12H2,1H3. The minimum Gasteiger partial charge on any atom is -0.465 e. The average molecular weight is 472 g/mol. The molecule has 1 aliphatic heterocycles. The van der Waals surface area contributed by atoms with Crippen LogP contribution in [0.3, 0.4) is 0 Å². The molecule has 4 rings (SSSR count). The van der Waals surface area contributed by atoms with E-state index in [1.807, 2.05) is 0 Å². The topological polar surface area (TPSA) is 98.0 Å². The van der Waals surface area contributed by atoms with Crippen LogP contribution < -0.4 is 9.70 Å². The second kappa shape index (κ2) is 9.05. The van der Waals surface area contributed by atoms with Crippen LogP contribution in [-0.2, 0) is 25.7 Å². The zero-order chi connectivity index (χ0) is 22.8. The molecular weight excluding hydrogens is 454 g/mol. The molecule has 1 saturated heterocycles. The number of rotatable bonds is 5. The molecule has 3 aromatic rings. The Hall–Kier alpha value is -3.30. The molecule has 0 bridgehead atoms. The summed E-state index contributed by atoms with van der Waals surface area (Å²) >= 11 is 7.31. The van der Waals surface area contributed by atoms with E-state index in [0.29, 0.717) is 21.0 Å². The lowest BCUT2D eigenvalue weighted by molar-refractivity contribution is -0.143. The lowest BCUT2D eigenvalue weighted by atomic mass is 10.2. The van der Waals surface area contributed by atoms with E-state index in [4.69, 9.17) is 16.3 Å². The second-order valence-electron chi connectivity index (χ2n) is 6.98. The molecule has 10 heteroatoms. The van der Waals surface area contributed by atoms with Gasteiger partial charge in [0.2, 0.25) is 11.8 Å². The summed E-state index contributed by atoms with van der Waals surface area (Å²) in [4.78, 5) is 54.7. The van der Waals surface area contributed by atoms with E-state index in [2.05, 4.69) is 4.99 Å². The van der Waals surface area contributed by atoms with Crippen molar-refractivity contribution in [1.29, 1.82) is 0 Å². The minimum atomic E-state index is -0.568. The number of anilines is 1. The minimum absolute atomic E-state index is 0.113. The molecule has 2 heterocycles. The number of esters is 1. The summed E-state index contributed by atoms with van der Waals surface area (Å²) in [6.45, 7) is 1.84. The summed E-state index contributed by atoms with van der Waals surface area (Å²) < 4.78 is 7.41. The maximum absolute atomic E-state index is 12.9. The highest BCUT2D eigenvalue weighted by Gasteiger charge is 2.30. The molecular formula is C22H18ClN3O5S. The summed E-state index contributed by atoms with van der Waals surface area (Å²) in [6, 6.07) is 11.4. The molecule has 0 spiro atoms. The van der Waals surface area contributed by atoms with Gasteiger partial charge in [0.25, 0.3) is 5.91 Å². The van der Waals surface area contributed by atoms with Crippen molar-refractivity contribution in [3.63, 3.8) is 0 Å². The second-order valence-corrected chi connectivity index (χ2v) is 8.42. The fraction of sp³-hybridized carbons (Fsp3) is 0.227. The molecule has 1 aromatic heterocycles. The number of hydrogen-bond donors (Lipinski definition) is 0. The van der Waals surface area contributed by atoms with Gasteiger partial charge in [-0.15, -0.1) is 0 Å². The van der Waals surface area contributed by atoms with Crippen LogP contribution >= 0.6 is 22.9 Å². The number of nitrogens with zero attached hydrogens (tertiary/aromatic N) is 3. The largest absolute Gasteiger partial charge is 0.465 e. The Morgan fingerprint density at radius 3 is 2.59 bits per heavy atom. The number of carbonyl (C=O) groups is 4. The zero-order valence-electron chi connectivity index (χ0n) is 17.0. The monoisotopic (exact) mass is 471 g/mol. The Labute approximate surface area is 191 Å². The van der Waals surface area contributed by atoms with Gasteiger partial charge in [0.05, 0.1) is 22.5 Å². The predicted molar refractivity (Wildman–Crippen MR) is 120 cm³/mol. The first-order valence-corrected chi connectivity index (χ1v) is 11.1. The normalized spacial score (nSPS) is 14.4. The van der Waals surface area contributed by atoms with E-state index in [9.17, 15) is 19.2 Å². The molecule has 2 aromatic carbocycles. The fourth-order valence-corrected chi connectivity index (χ4v) is 4.72. The van der Waals surface area contributed by atoms with E-state index in [0.717, 1.165) is 9.60 Å². The van der Waals surface area contributed by atoms with Gasteiger partial charge in [0.15, 0.2) is 4.80 Å². The lowest BCUT2D eigenvalue weighted by Gasteiger charge is -2.14. The summed E-state index contributed by atoms with van der Waals surface area (Å²) in [5.41, 5.74) is 1.25. The highest BCUT2D eigenvalue weighted by Crippen LogP contribution is 2.24. The maximum Gasteiger partial charge on any atom is 0.326 e. The van der Waals surface area contributed by atoms with Crippen LogP contribution in [0, 0.1) is 0 Å². The third kappa shape index (κ3) is 4.35. The van der Waals surface area contributed by atoms with Gasteiger partial charge in [-0.1, -0.05) is 29.0 Å². The SMILES string of the molecule is CCOC(=O)Cn1c(=NC(=O)c2cccc(N3C(=O)CCC3=O)c2)sc2cc(Cl)ccc21. The van der Waals surface area contributed by atoms with Gasteiger partial charge in [0.1, 0.15) is 6.54 Å². The van der Waals surface area contributed by atoms with Gasteiger partial charge >= 0.3 is 5.97 Å². The highest BCUT2D eigenvalue weighted by molar-refractivity contribution is 7.16. The van der Waals surface area contributed by atoms with E-state index in [1.165, 1.54) is 17.4 Å². The van der Waals surface area contributed by atoms with Crippen LogP contribution in [0.25, 0.3) is 10.2 Å². The first-order valence-electron chi connectivity index (χ1n) is 9.87. The molecule has 32 heavy (non-hydrogen) atoms. The molecule has 164 valence electrons. The van der Waals surface area contributed by atoms with Crippen LogP contribution in [0.4, 0.5) is 5.69 Å². The van der Waals surface area contributed by atoms with E-state index in [1.54, 1.807) is 47.9 Å². The first-order chi connectivity index (χ1) is 15.4. The number of imide groups is 1. The number of halogens is 1. The van der Waals surface area contributed by atoms with Crippen molar-refractivity contribution in [2.24, 2.45) is 4.99 Å². The van der Waals surface area contributed by atoms with Crippen molar-refractivity contribution < 1.29 is 23.9 Å². The van der Waals surface area contributed by atoms with Crippen molar-refractivity contribution in [3.05, 3.63) is 57.9 Å². The fourth-order valence-electron chi connectivity index (χ4n) is 3.41. The number of fused-ring (bicyclic) bond motifs is 1. The molecule has 0 N–H and O–H groups in total. The smallest absolute Gasteiger partial charge is 0.326 e. The number of amides is 3. The number of thiazole rings is 1.